The maximum atomic E-state index is 12.7. The number of ether oxygens (including phenoxy) is 2. The van der Waals surface area contributed by atoms with Crippen LogP contribution < -0.4 is 9.54 Å². The lowest BCUT2D eigenvalue weighted by Gasteiger charge is -2.06. The van der Waals surface area contributed by atoms with E-state index in [1.54, 1.807) is 18.6 Å². The minimum atomic E-state index is -0.369. The third kappa shape index (κ3) is 4.92. The largest absolute Gasteiger partial charge is 0.497 e. The van der Waals surface area contributed by atoms with Crippen molar-refractivity contribution in [3.8, 4) is 5.75 Å². The smallest absolute Gasteiger partial charge is 0.326 e. The molecule has 0 atom stereocenters. The van der Waals surface area contributed by atoms with Gasteiger partial charge >= 0.3 is 5.97 Å². The number of aryl methyl sites for hydroxylation is 2. The molecule has 0 radical (unpaired) electrons. The number of nitrogens with zero attached hydrogens (tertiary/aromatic N) is 2. The van der Waals surface area contributed by atoms with Crippen molar-refractivity contribution in [2.24, 2.45) is 4.99 Å². The van der Waals surface area contributed by atoms with Gasteiger partial charge in [-0.15, -0.1) is 0 Å². The van der Waals surface area contributed by atoms with Crippen LogP contribution in [0.5, 0.6) is 5.75 Å². The van der Waals surface area contributed by atoms with Gasteiger partial charge in [0.1, 0.15) is 12.3 Å². The molecule has 29 heavy (non-hydrogen) atoms. The van der Waals surface area contributed by atoms with E-state index in [0.717, 1.165) is 26.9 Å². The molecular formula is C22H24N2O4S. The fraction of sp³-hybridized carbons (Fsp3) is 0.318. The van der Waals surface area contributed by atoms with Gasteiger partial charge in [0.2, 0.25) is 0 Å². The minimum absolute atomic E-state index is 0.00413. The Balaban J connectivity index is 2.01. The minimum Gasteiger partial charge on any atom is -0.497 e. The molecule has 0 fully saturated rings. The number of carbonyl (C=O) groups is 2. The number of fused-ring (bicyclic) bond motifs is 1. The van der Waals surface area contributed by atoms with E-state index in [0.29, 0.717) is 17.2 Å². The van der Waals surface area contributed by atoms with Crippen molar-refractivity contribution in [1.82, 2.24) is 4.57 Å². The Hall–Kier alpha value is -2.93. The lowest BCUT2D eigenvalue weighted by atomic mass is 10.0. The molecule has 0 aliphatic heterocycles. The first-order chi connectivity index (χ1) is 13.9. The SMILES string of the molecule is CCOC(=O)Cn1c(=NC(=O)Cc2ccc(C)cc2C)sc2cc(OC)ccc21. The number of rotatable bonds is 6. The van der Waals surface area contributed by atoms with Crippen molar-refractivity contribution in [3.63, 3.8) is 0 Å². The van der Waals surface area contributed by atoms with Crippen molar-refractivity contribution in [2.75, 3.05) is 13.7 Å². The van der Waals surface area contributed by atoms with Gasteiger partial charge < -0.3 is 14.0 Å². The highest BCUT2D eigenvalue weighted by atomic mass is 32.1. The molecule has 0 saturated heterocycles. The zero-order valence-electron chi connectivity index (χ0n) is 17.0. The van der Waals surface area contributed by atoms with Gasteiger partial charge in [0.15, 0.2) is 4.80 Å². The molecule has 2 aromatic carbocycles. The third-order valence-electron chi connectivity index (χ3n) is 4.54. The van der Waals surface area contributed by atoms with Gasteiger partial charge in [-0.2, -0.15) is 4.99 Å². The van der Waals surface area contributed by atoms with Crippen LogP contribution in [0.15, 0.2) is 41.4 Å². The summed E-state index contributed by atoms with van der Waals surface area (Å²) in [6, 6.07) is 11.5. The van der Waals surface area contributed by atoms with E-state index in [1.807, 2.05) is 44.2 Å². The fourth-order valence-corrected chi connectivity index (χ4v) is 4.18. The first kappa shape index (κ1) is 20.8. The second-order valence-electron chi connectivity index (χ2n) is 6.72. The molecule has 1 aromatic heterocycles. The van der Waals surface area contributed by atoms with Crippen LogP contribution in [0.25, 0.3) is 10.2 Å². The molecule has 0 aliphatic rings. The number of esters is 1. The Morgan fingerprint density at radius 2 is 1.93 bits per heavy atom. The summed E-state index contributed by atoms with van der Waals surface area (Å²) in [5, 5.41) is 0. The van der Waals surface area contributed by atoms with Crippen LogP contribution in [0, 0.1) is 13.8 Å². The highest BCUT2D eigenvalue weighted by molar-refractivity contribution is 7.16. The van der Waals surface area contributed by atoms with E-state index in [-0.39, 0.29) is 24.8 Å². The van der Waals surface area contributed by atoms with Crippen molar-refractivity contribution in [1.29, 1.82) is 0 Å². The number of thiazole rings is 1. The molecule has 3 rings (SSSR count). The van der Waals surface area contributed by atoms with E-state index >= 15 is 0 Å². The monoisotopic (exact) mass is 412 g/mol. The standard InChI is InChI=1S/C22H24N2O4S/c1-5-28-21(26)13-24-18-9-8-17(27-4)12-19(18)29-22(24)23-20(25)11-16-7-6-14(2)10-15(16)3/h6-10,12H,5,11,13H2,1-4H3. The van der Waals surface area contributed by atoms with Gasteiger partial charge in [-0.1, -0.05) is 35.1 Å². The van der Waals surface area contributed by atoms with Crippen molar-refractivity contribution in [2.45, 2.75) is 33.7 Å². The molecule has 0 unspecified atom stereocenters. The lowest BCUT2D eigenvalue weighted by molar-refractivity contribution is -0.143. The quantitative estimate of drug-likeness (QED) is 0.581. The number of amides is 1. The molecule has 0 spiro atoms. The Morgan fingerprint density at radius 3 is 2.62 bits per heavy atom. The van der Waals surface area contributed by atoms with Gasteiger partial charge in [-0.25, -0.2) is 0 Å². The molecule has 3 aromatic rings. The second-order valence-corrected chi connectivity index (χ2v) is 7.73. The molecule has 0 saturated carbocycles. The maximum Gasteiger partial charge on any atom is 0.326 e. The molecule has 0 aliphatic carbocycles. The topological polar surface area (TPSA) is 69.9 Å². The molecule has 7 heteroatoms. The number of aromatic nitrogens is 1. The summed E-state index contributed by atoms with van der Waals surface area (Å²) in [6.07, 6.45) is 0.211. The van der Waals surface area contributed by atoms with Crippen molar-refractivity contribution in [3.05, 3.63) is 57.9 Å². The van der Waals surface area contributed by atoms with E-state index in [4.69, 9.17) is 9.47 Å². The highest BCUT2D eigenvalue weighted by Crippen LogP contribution is 2.23. The molecule has 0 bridgehead atoms. The summed E-state index contributed by atoms with van der Waals surface area (Å²) in [5.41, 5.74) is 3.97. The van der Waals surface area contributed by atoms with Crippen LogP contribution in [-0.2, 0) is 27.3 Å². The molecule has 0 N–H and O–H groups in total. The number of hydrogen-bond donors (Lipinski definition) is 0. The molecule has 152 valence electrons. The van der Waals surface area contributed by atoms with E-state index in [9.17, 15) is 9.59 Å². The van der Waals surface area contributed by atoms with Crippen LogP contribution in [-0.4, -0.2) is 30.2 Å². The number of benzene rings is 2. The molecule has 1 heterocycles. The van der Waals surface area contributed by atoms with E-state index < -0.39 is 0 Å². The van der Waals surface area contributed by atoms with Gasteiger partial charge in [0.05, 0.1) is 30.4 Å². The lowest BCUT2D eigenvalue weighted by Crippen LogP contribution is -2.23. The van der Waals surface area contributed by atoms with Crippen molar-refractivity contribution >= 4 is 33.4 Å². The zero-order valence-corrected chi connectivity index (χ0v) is 17.8. The van der Waals surface area contributed by atoms with Gasteiger partial charge in [-0.05, 0) is 50.1 Å². The molecule has 6 nitrogen and oxygen atoms in total. The normalized spacial score (nSPS) is 11.7. The Bertz CT molecular complexity index is 1130. The first-order valence-corrected chi connectivity index (χ1v) is 10.2. The summed E-state index contributed by atoms with van der Waals surface area (Å²) in [6.45, 7) is 6.07. The number of carbonyl (C=O) groups excluding carboxylic acids is 2. The summed E-state index contributed by atoms with van der Waals surface area (Å²) >= 11 is 1.35. The zero-order chi connectivity index (χ0) is 21.0. The van der Waals surface area contributed by atoms with Gasteiger partial charge in [0, 0.05) is 0 Å². The van der Waals surface area contributed by atoms with Crippen LogP contribution in [0.4, 0.5) is 0 Å². The third-order valence-corrected chi connectivity index (χ3v) is 5.58. The van der Waals surface area contributed by atoms with E-state index in [1.165, 1.54) is 11.3 Å². The molecule has 1 amide bonds. The van der Waals surface area contributed by atoms with E-state index in [2.05, 4.69) is 11.1 Å². The van der Waals surface area contributed by atoms with Gasteiger partial charge in [-0.3, -0.25) is 9.59 Å². The first-order valence-electron chi connectivity index (χ1n) is 9.38. The predicted molar refractivity (Wildman–Crippen MR) is 113 cm³/mol. The summed E-state index contributed by atoms with van der Waals surface area (Å²) in [5.74, 6) is 0.0783. The fourth-order valence-electron chi connectivity index (χ4n) is 3.11. The average Bonchev–Trinajstić information content (AvgIpc) is 3.00. The van der Waals surface area contributed by atoms with Crippen LogP contribution in [0.3, 0.4) is 0 Å². The van der Waals surface area contributed by atoms with Crippen molar-refractivity contribution < 1.29 is 19.1 Å². The van der Waals surface area contributed by atoms with Crippen LogP contribution in [0.2, 0.25) is 0 Å². The van der Waals surface area contributed by atoms with Gasteiger partial charge in [0.25, 0.3) is 5.91 Å². The highest BCUT2D eigenvalue weighted by Gasteiger charge is 2.13. The second kappa shape index (κ2) is 9.05. The summed E-state index contributed by atoms with van der Waals surface area (Å²) < 4.78 is 13.0. The Labute approximate surface area is 173 Å². The van der Waals surface area contributed by atoms with Crippen LogP contribution in [0.1, 0.15) is 23.6 Å². The predicted octanol–water partition coefficient (Wildman–Crippen LogP) is 3.56. The number of hydrogen-bond acceptors (Lipinski definition) is 5. The number of methoxy groups -OCH3 is 1. The molecular weight excluding hydrogens is 388 g/mol. The Morgan fingerprint density at radius 1 is 1.14 bits per heavy atom. The summed E-state index contributed by atoms with van der Waals surface area (Å²) in [7, 11) is 1.60. The summed E-state index contributed by atoms with van der Waals surface area (Å²) in [4.78, 5) is 29.5. The maximum absolute atomic E-state index is 12.7. The average molecular weight is 413 g/mol. The Kier molecular flexibility index (Phi) is 6.49. The van der Waals surface area contributed by atoms with Crippen LogP contribution >= 0.6 is 11.3 Å².